The van der Waals surface area contributed by atoms with Crippen LogP contribution in [-0.4, -0.2) is 11.3 Å². The Balaban J connectivity index is 1.21. The van der Waals surface area contributed by atoms with Crippen molar-refractivity contribution in [1.29, 1.82) is 0 Å². The van der Waals surface area contributed by atoms with Crippen LogP contribution in [0, 0.1) is 11.3 Å². The average Bonchev–Trinajstić information content (AvgIpc) is 3.95. The molecule has 0 amide bonds. The number of anilines is 5. The topological polar surface area (TPSA) is 11.4 Å². The summed E-state index contributed by atoms with van der Waals surface area (Å²) in [4.78, 5) is 5.39. The highest BCUT2D eigenvalue weighted by Gasteiger charge is 2.48. The van der Waals surface area contributed by atoms with Gasteiger partial charge in [0, 0.05) is 59.5 Å². The van der Waals surface area contributed by atoms with Crippen LogP contribution in [0.5, 0.6) is 0 Å². The molecule has 5 heteroatoms. The van der Waals surface area contributed by atoms with E-state index in [9.17, 15) is 0 Å². The normalized spacial score (nSPS) is 18.0. The number of allylic oxidation sites excluding steroid dienone is 7. The Bertz CT molecular complexity index is 3680. The number of nitrogens with zero attached hydrogens (tertiary/aromatic N) is 3. The van der Waals surface area contributed by atoms with Crippen molar-refractivity contribution in [3.05, 3.63) is 174 Å². The Morgan fingerprint density at radius 3 is 2.07 bits per heavy atom. The average molecular weight is 930 g/mol. The molecule has 2 aliphatic heterocycles. The minimum absolute atomic E-state index is 0.00184. The zero-order valence-corrected chi connectivity index (χ0v) is 43.7. The SMILES string of the molecule is CC(C)(C)c1ccc(N2c3ccc(C(C)(C)C)cc3B3c4sc5cc6c(cc5c4N(C4=CCC(C(C)(C)C)C=C4)c4cc5c(c2c43)c2ccccc2n5C2=CCCC=C2)-c2ccccc2C6(C)C)cc1. The largest absolute Gasteiger partial charge is 0.311 e. The summed E-state index contributed by atoms with van der Waals surface area (Å²) in [5.74, 6) is 0.452. The fourth-order valence-electron chi connectivity index (χ4n) is 12.8. The van der Waals surface area contributed by atoms with Crippen LogP contribution >= 0.6 is 11.3 Å². The smallest absolute Gasteiger partial charge is 0.264 e. The predicted molar refractivity (Wildman–Crippen MR) is 305 cm³/mol. The highest BCUT2D eigenvalue weighted by Crippen LogP contribution is 2.55. The third-order valence-corrected chi connectivity index (χ3v) is 17.9. The standard InChI is InChI=1S/C65H64BN3S/c1-62(2,3)39-25-30-43(31-26-39)68-53-34-29-41(64(7,8)9)35-51(53)66-58-55(38-54-57(60(58)68)46-22-16-18-24-52(46)67(54)42-19-13-12-14-20-42)69(44-32-27-40(28-33-44)63(4,5)6)59-48-36-47-45-21-15-17-23-49(45)65(10,11)50(47)37-56(48)70-61(59)66/h13,15-27,29-38,40H,12,14,28H2,1-11H3. The van der Waals surface area contributed by atoms with Gasteiger partial charge in [-0.05, 0) is 140 Å². The maximum atomic E-state index is 2.73. The third kappa shape index (κ3) is 6.25. The van der Waals surface area contributed by atoms with Gasteiger partial charge in [0.1, 0.15) is 0 Å². The van der Waals surface area contributed by atoms with E-state index in [0.717, 1.165) is 19.3 Å². The van der Waals surface area contributed by atoms with E-state index in [0.29, 0.717) is 5.92 Å². The minimum atomic E-state index is -0.0982. The Morgan fingerprint density at radius 1 is 0.614 bits per heavy atom. The lowest BCUT2D eigenvalue weighted by atomic mass is 9.36. The van der Waals surface area contributed by atoms with Crippen LogP contribution in [-0.2, 0) is 16.2 Å². The Labute approximate surface area is 419 Å². The molecule has 0 fully saturated rings. The van der Waals surface area contributed by atoms with Crippen LogP contribution in [0.25, 0.3) is 48.7 Å². The Hall–Kier alpha value is -6.30. The van der Waals surface area contributed by atoms with Gasteiger partial charge in [0.25, 0.3) is 6.71 Å². The summed E-state index contributed by atoms with van der Waals surface area (Å²) >= 11 is 2.04. The predicted octanol–water partition coefficient (Wildman–Crippen LogP) is 16.4. The van der Waals surface area contributed by atoms with Crippen molar-refractivity contribution in [1.82, 2.24) is 4.57 Å². The Morgan fingerprint density at radius 2 is 1.36 bits per heavy atom. The van der Waals surface area contributed by atoms with Gasteiger partial charge in [-0.2, -0.15) is 0 Å². The second-order valence-electron chi connectivity index (χ2n) is 24.5. The van der Waals surface area contributed by atoms with Gasteiger partial charge in [-0.25, -0.2) is 0 Å². The summed E-state index contributed by atoms with van der Waals surface area (Å²) in [6.45, 7) is 26.1. The first-order valence-corrected chi connectivity index (χ1v) is 26.6. The van der Waals surface area contributed by atoms with E-state index >= 15 is 0 Å². The molecule has 4 heterocycles. The first-order valence-electron chi connectivity index (χ1n) is 25.8. The van der Waals surface area contributed by atoms with Crippen molar-refractivity contribution in [2.45, 2.75) is 112 Å². The zero-order valence-electron chi connectivity index (χ0n) is 42.9. The Kier molecular flexibility index (Phi) is 9.29. The monoisotopic (exact) mass is 929 g/mol. The molecule has 6 aromatic carbocycles. The molecular weight excluding hydrogens is 866 g/mol. The van der Waals surface area contributed by atoms with Crippen LogP contribution < -0.4 is 25.5 Å². The van der Waals surface area contributed by atoms with Crippen molar-refractivity contribution >= 4 is 99.8 Å². The van der Waals surface area contributed by atoms with Gasteiger partial charge in [-0.1, -0.05) is 167 Å². The van der Waals surface area contributed by atoms with Crippen molar-refractivity contribution in [2.24, 2.45) is 11.3 Å². The van der Waals surface area contributed by atoms with E-state index in [1.54, 1.807) is 0 Å². The molecule has 1 atom stereocenters. The van der Waals surface area contributed by atoms with Gasteiger partial charge in [-0.15, -0.1) is 11.3 Å². The molecule has 348 valence electrons. The number of aromatic nitrogens is 1. The van der Waals surface area contributed by atoms with Crippen LogP contribution in [0.4, 0.5) is 28.4 Å². The summed E-state index contributed by atoms with van der Waals surface area (Å²) in [5, 5.41) is 3.95. The number of benzene rings is 6. The maximum absolute atomic E-state index is 2.73. The van der Waals surface area contributed by atoms with Crippen LogP contribution in [0.15, 0.2) is 151 Å². The van der Waals surface area contributed by atoms with Crippen molar-refractivity contribution in [2.75, 3.05) is 9.80 Å². The van der Waals surface area contributed by atoms with Gasteiger partial charge in [0.15, 0.2) is 0 Å². The molecule has 0 bridgehead atoms. The van der Waals surface area contributed by atoms with Gasteiger partial charge in [0.05, 0.1) is 22.4 Å². The molecule has 0 saturated heterocycles. The van der Waals surface area contributed by atoms with E-state index in [-0.39, 0.29) is 28.4 Å². The van der Waals surface area contributed by atoms with Crippen molar-refractivity contribution in [3.63, 3.8) is 0 Å². The molecule has 2 aromatic heterocycles. The fraction of sp³-hybridized carbons (Fsp3) is 0.292. The second kappa shape index (κ2) is 14.9. The van der Waals surface area contributed by atoms with Gasteiger partial charge in [0.2, 0.25) is 0 Å². The molecule has 1 unspecified atom stereocenters. The lowest BCUT2D eigenvalue weighted by Gasteiger charge is -2.44. The highest BCUT2D eigenvalue weighted by atomic mass is 32.1. The van der Waals surface area contributed by atoms with Crippen molar-refractivity contribution in [3.8, 4) is 11.1 Å². The van der Waals surface area contributed by atoms with Crippen LogP contribution in [0.3, 0.4) is 0 Å². The fourth-order valence-corrected chi connectivity index (χ4v) is 14.1. The van der Waals surface area contributed by atoms with Gasteiger partial charge >= 0.3 is 0 Å². The third-order valence-electron chi connectivity index (χ3n) is 16.7. The highest BCUT2D eigenvalue weighted by molar-refractivity contribution is 7.33. The first-order chi connectivity index (χ1) is 33.4. The van der Waals surface area contributed by atoms with E-state index in [2.05, 4.69) is 236 Å². The van der Waals surface area contributed by atoms with E-state index in [1.807, 2.05) is 11.3 Å². The van der Waals surface area contributed by atoms with E-state index in [1.165, 1.54) is 121 Å². The maximum Gasteiger partial charge on any atom is 0.264 e. The van der Waals surface area contributed by atoms with Gasteiger partial charge < -0.3 is 14.4 Å². The van der Waals surface area contributed by atoms with Crippen LogP contribution in [0.1, 0.15) is 118 Å². The molecule has 5 aliphatic rings. The number of hydrogen-bond donors (Lipinski definition) is 0. The molecule has 0 N–H and O–H groups in total. The number of fused-ring (bicyclic) bond motifs is 13. The molecular formula is C65H64BN3S. The summed E-state index contributed by atoms with van der Waals surface area (Å²) in [6.07, 6.45) is 17.8. The molecule has 13 rings (SSSR count). The molecule has 0 saturated carbocycles. The number of thiophene rings is 1. The number of hydrogen-bond acceptors (Lipinski definition) is 3. The summed E-state index contributed by atoms with van der Waals surface area (Å²) in [6, 6.07) is 43.1. The van der Waals surface area contributed by atoms with Crippen LogP contribution in [0.2, 0.25) is 0 Å². The molecule has 0 spiro atoms. The van der Waals surface area contributed by atoms with Gasteiger partial charge in [-0.3, -0.25) is 0 Å². The summed E-state index contributed by atoms with van der Waals surface area (Å²) in [7, 11) is 0. The minimum Gasteiger partial charge on any atom is -0.311 e. The molecule has 0 radical (unpaired) electrons. The summed E-state index contributed by atoms with van der Waals surface area (Å²) < 4.78 is 5.38. The number of para-hydroxylation sites is 1. The lowest BCUT2D eigenvalue weighted by Crippen LogP contribution is -2.61. The number of rotatable bonds is 3. The lowest BCUT2D eigenvalue weighted by molar-refractivity contribution is 0.293. The van der Waals surface area contributed by atoms with E-state index in [4.69, 9.17) is 0 Å². The zero-order chi connectivity index (χ0) is 48.4. The van der Waals surface area contributed by atoms with Crippen molar-refractivity contribution < 1.29 is 0 Å². The van der Waals surface area contributed by atoms with E-state index < -0.39 is 0 Å². The quantitative estimate of drug-likeness (QED) is 0.164. The summed E-state index contributed by atoms with van der Waals surface area (Å²) in [5.41, 5.74) is 22.5. The second-order valence-corrected chi connectivity index (χ2v) is 25.6. The molecule has 3 aliphatic carbocycles. The molecule has 8 aromatic rings. The molecule has 3 nitrogen and oxygen atoms in total. The molecule has 70 heavy (non-hydrogen) atoms. The first kappa shape index (κ1) is 43.7.